The van der Waals surface area contributed by atoms with Crippen LogP contribution in [-0.4, -0.2) is 59.1 Å². The number of hydrogen-bond donors (Lipinski definition) is 1. The van der Waals surface area contributed by atoms with E-state index in [0.29, 0.717) is 12.5 Å². The number of benzene rings is 2. The topological polar surface area (TPSA) is 94.9 Å². The number of amides is 1. The van der Waals surface area contributed by atoms with Crippen LogP contribution < -0.4 is 21.4 Å². The molecule has 1 aromatic heterocycles. The van der Waals surface area contributed by atoms with Crippen LogP contribution in [0.25, 0.3) is 0 Å². The van der Waals surface area contributed by atoms with Crippen molar-refractivity contribution < 1.29 is 18.6 Å². The third-order valence-corrected chi connectivity index (χ3v) is 15.5. The Kier molecular flexibility index (Phi) is 9.47. The molecule has 0 aliphatic carbocycles. The summed E-state index contributed by atoms with van der Waals surface area (Å²) in [6.07, 6.45) is 4.44. The molecule has 3 fully saturated rings. The van der Waals surface area contributed by atoms with Crippen LogP contribution in [0.5, 0.6) is 0 Å². The predicted molar refractivity (Wildman–Crippen MR) is 176 cm³/mol. The lowest BCUT2D eigenvalue weighted by Crippen LogP contribution is -2.58. The zero-order valence-corrected chi connectivity index (χ0v) is 27.9. The van der Waals surface area contributed by atoms with Gasteiger partial charge < -0.3 is 19.1 Å². The summed E-state index contributed by atoms with van der Waals surface area (Å²) in [5, 5.41) is 5.53. The third-order valence-electron chi connectivity index (χ3n) is 9.29. The van der Waals surface area contributed by atoms with Gasteiger partial charge in [0.1, 0.15) is 20.1 Å². The molecular weight excluding hydrogens is 591 g/mol. The first kappa shape index (κ1) is 31.3. The number of rotatable bonds is 10. The van der Waals surface area contributed by atoms with Crippen LogP contribution in [0.4, 0.5) is 5.82 Å². The molecular formula is C33H43N4O5PSi. The Morgan fingerprint density at radius 3 is 2.39 bits per heavy atom. The Hall–Kier alpha value is -2.72. The molecule has 2 aromatic carbocycles. The molecule has 0 spiro atoms. The summed E-state index contributed by atoms with van der Waals surface area (Å²) in [5.41, 5.74) is -0.458. The number of fused-ring (bicyclic) bond motifs is 1. The van der Waals surface area contributed by atoms with E-state index in [1.54, 1.807) is 26.1 Å². The molecule has 1 N–H and O–H groups in total. The highest BCUT2D eigenvalue weighted by Crippen LogP contribution is 2.58. The van der Waals surface area contributed by atoms with Gasteiger partial charge in [-0.25, -0.2) is 9.46 Å². The van der Waals surface area contributed by atoms with Gasteiger partial charge >= 0.3 is 5.69 Å². The summed E-state index contributed by atoms with van der Waals surface area (Å²) in [4.78, 5) is 29.1. The highest BCUT2D eigenvalue weighted by atomic mass is 31.2. The first-order chi connectivity index (χ1) is 21.3. The number of nitrogens with one attached hydrogen (secondary N) is 1. The molecule has 3 aromatic rings. The molecule has 3 aliphatic rings. The highest BCUT2D eigenvalue weighted by molar-refractivity contribution is 7.45. The van der Waals surface area contributed by atoms with Gasteiger partial charge in [0.15, 0.2) is 0 Å². The van der Waals surface area contributed by atoms with Crippen LogP contribution in [0, 0.1) is 5.92 Å². The van der Waals surface area contributed by atoms with Gasteiger partial charge in [-0.2, -0.15) is 4.98 Å². The molecule has 0 radical (unpaired) electrons. The van der Waals surface area contributed by atoms with Crippen LogP contribution in [0.15, 0.2) is 77.7 Å². The van der Waals surface area contributed by atoms with E-state index in [2.05, 4.69) is 89.1 Å². The number of ether oxygens (including phenoxy) is 1. The molecule has 6 atom stereocenters. The minimum absolute atomic E-state index is 0.0966. The van der Waals surface area contributed by atoms with E-state index in [0.717, 1.165) is 31.9 Å². The number of hydrogen-bond acceptors (Lipinski definition) is 7. The molecule has 11 heteroatoms. The summed E-state index contributed by atoms with van der Waals surface area (Å²) in [7, 11) is -3.35. The lowest BCUT2D eigenvalue weighted by Gasteiger charge is -2.32. The van der Waals surface area contributed by atoms with Crippen molar-refractivity contribution in [3.05, 3.63) is 83.4 Å². The lowest BCUT2D eigenvalue weighted by molar-refractivity contribution is -0.118. The third kappa shape index (κ3) is 6.34. The molecule has 4 heterocycles. The van der Waals surface area contributed by atoms with Crippen molar-refractivity contribution in [2.24, 2.45) is 5.92 Å². The van der Waals surface area contributed by atoms with Crippen LogP contribution in [-0.2, 0) is 18.6 Å². The van der Waals surface area contributed by atoms with E-state index in [1.165, 1.54) is 14.9 Å². The Morgan fingerprint density at radius 1 is 1.09 bits per heavy atom. The average Bonchev–Trinajstić information content (AvgIpc) is 3.75. The number of anilines is 1. The fourth-order valence-corrected chi connectivity index (χ4v) is 12.7. The fourth-order valence-electron chi connectivity index (χ4n) is 6.71. The normalized spacial score (nSPS) is 27.1. The monoisotopic (exact) mass is 634 g/mol. The van der Waals surface area contributed by atoms with Crippen molar-refractivity contribution in [2.45, 2.75) is 89.6 Å². The summed E-state index contributed by atoms with van der Waals surface area (Å²) in [6, 6.07) is 24.9. The van der Waals surface area contributed by atoms with Gasteiger partial charge in [-0.3, -0.25) is 9.36 Å². The Bertz CT molecular complexity index is 1450. The van der Waals surface area contributed by atoms with Gasteiger partial charge in [-0.05, 0) is 31.4 Å². The largest absolute Gasteiger partial charge is 0.352 e. The maximum atomic E-state index is 12.9. The molecule has 0 saturated carbocycles. The summed E-state index contributed by atoms with van der Waals surface area (Å²) in [6.45, 7) is 9.11. The minimum atomic E-state index is -2.10. The molecule has 9 nitrogen and oxygen atoms in total. The number of carbonyl (C=O) groups is 1. The molecule has 6 rings (SSSR count). The second kappa shape index (κ2) is 13.3. The van der Waals surface area contributed by atoms with E-state index < -0.39 is 28.5 Å². The first-order valence-corrected chi connectivity index (χ1v) is 19.7. The van der Waals surface area contributed by atoms with Crippen molar-refractivity contribution in [3.63, 3.8) is 0 Å². The molecule has 234 valence electrons. The molecule has 0 bridgehead atoms. The zero-order valence-electron chi connectivity index (χ0n) is 26.0. The van der Waals surface area contributed by atoms with Gasteiger partial charge in [-0.15, -0.1) is 0 Å². The van der Waals surface area contributed by atoms with Crippen molar-refractivity contribution in [1.29, 1.82) is 0 Å². The predicted octanol–water partition coefficient (Wildman–Crippen LogP) is 4.90. The zero-order chi connectivity index (χ0) is 30.8. The summed E-state index contributed by atoms with van der Waals surface area (Å²) in [5.74, 6) is -0.139. The van der Waals surface area contributed by atoms with E-state index in [9.17, 15) is 9.59 Å². The average molecular weight is 635 g/mol. The Balaban J connectivity index is 1.18. The summed E-state index contributed by atoms with van der Waals surface area (Å²) >= 11 is 0. The van der Waals surface area contributed by atoms with Gasteiger partial charge in [0.05, 0.1) is 18.3 Å². The lowest BCUT2D eigenvalue weighted by atomic mass is 10.1. The maximum absolute atomic E-state index is 12.9. The Morgan fingerprint density at radius 2 is 1.77 bits per heavy atom. The number of nitrogens with zero attached hydrogens (tertiary/aromatic N) is 3. The van der Waals surface area contributed by atoms with Crippen LogP contribution >= 0.6 is 8.53 Å². The molecule has 3 saturated heterocycles. The SMILES string of the molecule is CC[C@H]1O[C@@H](n2ccc(NC(=O)C(C)C)nc2=O)C[C@H]1O[P@@]1O[C@H](C[Si](C)(c2ccccc2)c2ccccc2)[C@@H]2CCCN21. The van der Waals surface area contributed by atoms with Gasteiger partial charge in [0, 0.05) is 31.1 Å². The summed E-state index contributed by atoms with van der Waals surface area (Å²) < 4.78 is 24.0. The van der Waals surface area contributed by atoms with Gasteiger partial charge in [0.2, 0.25) is 5.91 Å². The van der Waals surface area contributed by atoms with Crippen LogP contribution in [0.2, 0.25) is 12.6 Å². The van der Waals surface area contributed by atoms with E-state index in [1.807, 2.05) is 0 Å². The van der Waals surface area contributed by atoms with Crippen LogP contribution in [0.3, 0.4) is 0 Å². The standard InChI is InChI=1S/C33H43N4O5PSi/c1-5-27-28(21-31(40-27)36-20-18-30(35-33(36)39)34-32(38)23(2)3)41-43-37-19-12-17-26(37)29(42-43)22-44(4,24-13-8-6-9-14-24)25-15-10-7-11-16-25/h6-11,13-16,18,20,23,26-29,31H,5,12,17,19,21-22H2,1-4H3,(H,34,35,38,39)/t26-,27+,28+,29+,31+,43-/m0/s1. The van der Waals surface area contributed by atoms with Gasteiger partial charge in [0.25, 0.3) is 8.53 Å². The molecule has 3 aliphatic heterocycles. The quantitative estimate of drug-likeness (QED) is 0.250. The molecule has 0 unspecified atom stereocenters. The van der Waals surface area contributed by atoms with E-state index in [-0.39, 0.29) is 36.0 Å². The smallest absolute Gasteiger partial charge is 0.351 e. The van der Waals surface area contributed by atoms with Crippen molar-refractivity contribution in [1.82, 2.24) is 14.2 Å². The first-order valence-electron chi connectivity index (χ1n) is 15.8. The van der Waals surface area contributed by atoms with Gasteiger partial charge in [-0.1, -0.05) is 98.4 Å². The van der Waals surface area contributed by atoms with Crippen molar-refractivity contribution in [3.8, 4) is 0 Å². The number of carbonyl (C=O) groups excluding carboxylic acids is 1. The Labute approximate surface area is 261 Å². The highest BCUT2D eigenvalue weighted by Gasteiger charge is 2.51. The van der Waals surface area contributed by atoms with Crippen LogP contribution in [0.1, 0.15) is 52.7 Å². The molecule has 44 heavy (non-hydrogen) atoms. The molecule has 1 amide bonds. The maximum Gasteiger partial charge on any atom is 0.351 e. The van der Waals surface area contributed by atoms with E-state index >= 15 is 0 Å². The number of aromatic nitrogens is 2. The van der Waals surface area contributed by atoms with Crippen molar-refractivity contribution >= 4 is 38.7 Å². The van der Waals surface area contributed by atoms with Crippen molar-refractivity contribution in [2.75, 3.05) is 11.9 Å². The second-order valence-electron chi connectivity index (χ2n) is 12.6. The van der Waals surface area contributed by atoms with E-state index in [4.69, 9.17) is 13.8 Å². The minimum Gasteiger partial charge on any atom is -0.352 e. The fraction of sp³-hybridized carbons (Fsp3) is 0.485. The second-order valence-corrected chi connectivity index (χ2v) is 18.2.